The van der Waals surface area contributed by atoms with Crippen LogP contribution in [-0.2, 0) is 16.5 Å². The van der Waals surface area contributed by atoms with Crippen LogP contribution in [0.5, 0.6) is 0 Å². The molecule has 17 heavy (non-hydrogen) atoms. The fourth-order valence-electron chi connectivity index (χ4n) is 2.29. The summed E-state index contributed by atoms with van der Waals surface area (Å²) in [5.41, 5.74) is 10.9. The Morgan fingerprint density at radius 3 is 1.65 bits per heavy atom. The molecule has 2 rings (SSSR count). The molecular weight excluding hydrogens is 446 g/mol. The molecule has 0 heterocycles. The maximum atomic E-state index is 5.82. The van der Waals surface area contributed by atoms with Gasteiger partial charge in [-0.3, -0.25) is 0 Å². The maximum absolute atomic E-state index is 5.82. The summed E-state index contributed by atoms with van der Waals surface area (Å²) in [6.45, 7) is 3.89. The first-order valence-electron chi connectivity index (χ1n) is 5.34. The summed E-state index contributed by atoms with van der Waals surface area (Å²) >= 11 is -0.472. The molecule has 2 saturated carbocycles. The van der Waals surface area contributed by atoms with Crippen molar-refractivity contribution in [1.82, 2.24) is 0 Å². The van der Waals surface area contributed by atoms with Gasteiger partial charge in [-0.2, -0.15) is 0 Å². The molecule has 0 aromatic rings. The first kappa shape index (κ1) is 23.2. The molecule has 2 aliphatic rings. The van der Waals surface area contributed by atoms with Gasteiger partial charge in [-0.1, -0.05) is 20.3 Å². The average Bonchev–Trinajstić information content (AvgIpc) is 2.64. The molecule has 8 N–H and O–H groups in total. The average molecular weight is 472 g/mol. The Morgan fingerprint density at radius 2 is 1.53 bits per heavy atom. The Hall–Kier alpha value is 1.11. The van der Waals surface area contributed by atoms with E-state index in [4.69, 9.17) is 30.3 Å². The topological polar surface area (TPSA) is 115 Å². The summed E-state index contributed by atoms with van der Waals surface area (Å²) in [6, 6.07) is 0.911. The second-order valence-corrected chi connectivity index (χ2v) is 7.91. The van der Waals surface area contributed by atoms with Crippen molar-refractivity contribution in [1.29, 1.82) is 0 Å². The summed E-state index contributed by atoms with van der Waals surface area (Å²) in [5.74, 6) is 1.94. The molecular formula is C10H26Cl2N2O2Pt. The Labute approximate surface area is 121 Å². The van der Waals surface area contributed by atoms with E-state index >= 15 is 0 Å². The normalized spacial score (nSPS) is 28.3. The number of rotatable bonds is 0. The quantitative estimate of drug-likeness (QED) is 0.552. The van der Waals surface area contributed by atoms with Crippen molar-refractivity contribution in [2.45, 2.75) is 51.6 Å². The molecule has 0 amide bonds. The van der Waals surface area contributed by atoms with Crippen LogP contribution in [0.15, 0.2) is 0 Å². The van der Waals surface area contributed by atoms with Gasteiger partial charge in [-0.25, -0.2) is 0 Å². The van der Waals surface area contributed by atoms with E-state index in [1.165, 1.54) is 25.7 Å². The van der Waals surface area contributed by atoms with Crippen LogP contribution in [0.3, 0.4) is 0 Å². The van der Waals surface area contributed by atoms with Crippen LogP contribution in [0.2, 0.25) is 0 Å². The summed E-state index contributed by atoms with van der Waals surface area (Å²) in [6.07, 6.45) is 5.66. The van der Waals surface area contributed by atoms with Gasteiger partial charge in [-0.05, 0) is 37.1 Å². The van der Waals surface area contributed by atoms with Crippen LogP contribution in [0.1, 0.15) is 39.5 Å². The predicted octanol–water partition coefficient (Wildman–Crippen LogP) is 1.21. The van der Waals surface area contributed by atoms with E-state index in [1.54, 1.807) is 0 Å². The van der Waals surface area contributed by atoms with Gasteiger partial charge < -0.3 is 22.4 Å². The number of nitrogens with two attached hydrogens (primary N) is 2. The summed E-state index contributed by atoms with van der Waals surface area (Å²) < 4.78 is 0. The Kier molecular flexibility index (Phi) is 18.5. The fraction of sp³-hybridized carbons (Fsp3) is 1.00. The molecule has 0 aromatic heterocycles. The van der Waals surface area contributed by atoms with Crippen molar-refractivity contribution in [2.24, 2.45) is 23.3 Å². The van der Waals surface area contributed by atoms with Crippen molar-refractivity contribution < 1.29 is 27.4 Å². The SMILES string of the molecule is CC(C)N.N[C@@H]1C[C@H]2CC[C@@H]1C2.O.O.[Cl][Pt][Cl]. The van der Waals surface area contributed by atoms with Crippen LogP contribution in [0, 0.1) is 11.8 Å². The molecule has 2 bridgehead atoms. The second kappa shape index (κ2) is 13.5. The van der Waals surface area contributed by atoms with E-state index in [2.05, 4.69) is 0 Å². The van der Waals surface area contributed by atoms with E-state index in [0.29, 0.717) is 12.1 Å². The van der Waals surface area contributed by atoms with Gasteiger partial charge >= 0.3 is 35.3 Å². The summed E-state index contributed by atoms with van der Waals surface area (Å²) in [5, 5.41) is 0. The molecule has 2 fully saturated rings. The van der Waals surface area contributed by atoms with Crippen molar-refractivity contribution in [3.8, 4) is 0 Å². The zero-order valence-electron chi connectivity index (χ0n) is 10.4. The first-order chi connectivity index (χ1) is 7.01. The molecule has 0 aromatic carbocycles. The summed E-state index contributed by atoms with van der Waals surface area (Å²) in [4.78, 5) is 0. The number of hydrogen-bond donors (Lipinski definition) is 2. The number of halogens is 2. The van der Waals surface area contributed by atoms with Crippen LogP contribution >= 0.6 is 18.8 Å². The second-order valence-electron chi connectivity index (χ2n) is 4.63. The molecule has 0 aliphatic heterocycles. The van der Waals surface area contributed by atoms with Gasteiger partial charge in [0.1, 0.15) is 0 Å². The van der Waals surface area contributed by atoms with Crippen molar-refractivity contribution >= 4 is 18.8 Å². The third-order valence-electron chi connectivity index (χ3n) is 2.79. The molecule has 3 atom stereocenters. The molecule has 0 unspecified atom stereocenters. The molecule has 0 spiro atoms. The van der Waals surface area contributed by atoms with E-state index < -0.39 is 16.5 Å². The van der Waals surface area contributed by atoms with Crippen molar-refractivity contribution in [2.75, 3.05) is 0 Å². The van der Waals surface area contributed by atoms with Crippen LogP contribution < -0.4 is 11.5 Å². The van der Waals surface area contributed by atoms with Crippen molar-refractivity contribution in [3.63, 3.8) is 0 Å². The van der Waals surface area contributed by atoms with Crippen LogP contribution in [0.4, 0.5) is 0 Å². The zero-order chi connectivity index (χ0) is 11.8. The van der Waals surface area contributed by atoms with E-state index in [9.17, 15) is 0 Å². The number of fused-ring (bicyclic) bond motifs is 2. The van der Waals surface area contributed by atoms with Gasteiger partial charge in [0.15, 0.2) is 0 Å². The molecule has 0 radical (unpaired) electrons. The van der Waals surface area contributed by atoms with Crippen LogP contribution in [-0.4, -0.2) is 23.0 Å². The van der Waals surface area contributed by atoms with Crippen LogP contribution in [0.25, 0.3) is 0 Å². The third kappa shape index (κ3) is 11.9. The predicted molar refractivity (Wildman–Crippen MR) is 71.7 cm³/mol. The van der Waals surface area contributed by atoms with E-state index in [-0.39, 0.29) is 11.0 Å². The number of hydrogen-bond acceptors (Lipinski definition) is 2. The standard InChI is InChI=1S/C7H13N.C3H9N.2ClH.2H2O.Pt/c8-7-4-5-1-2-6(7)3-5;1-3(2)4;;;;;/h5-7H,1-4,8H2;3H,4H2,1-2H3;2*1H;2*1H2;/q;;;;;;+2/p-2/t5-,6+,7+;;;;;;/m0....../s1. The molecule has 0 saturated heterocycles. The molecule has 4 nitrogen and oxygen atoms in total. The van der Waals surface area contributed by atoms with Crippen molar-refractivity contribution in [3.05, 3.63) is 0 Å². The minimum absolute atomic E-state index is 0. The van der Waals surface area contributed by atoms with E-state index in [0.717, 1.165) is 11.8 Å². The Bertz CT molecular complexity index is 162. The molecule has 112 valence electrons. The first-order valence-corrected chi connectivity index (χ1v) is 11.0. The fourth-order valence-corrected chi connectivity index (χ4v) is 2.29. The van der Waals surface area contributed by atoms with Gasteiger partial charge in [0.2, 0.25) is 0 Å². The minimum atomic E-state index is -0.472. The summed E-state index contributed by atoms with van der Waals surface area (Å²) in [7, 11) is 9.75. The Balaban J connectivity index is -0.000000192. The van der Waals surface area contributed by atoms with Gasteiger partial charge in [0.05, 0.1) is 0 Å². The monoisotopic (exact) mass is 471 g/mol. The van der Waals surface area contributed by atoms with Gasteiger partial charge in [0, 0.05) is 6.04 Å². The Morgan fingerprint density at radius 1 is 1.12 bits per heavy atom. The van der Waals surface area contributed by atoms with Gasteiger partial charge in [-0.15, -0.1) is 0 Å². The molecule has 2 aliphatic carbocycles. The third-order valence-corrected chi connectivity index (χ3v) is 2.79. The molecule has 7 heteroatoms. The van der Waals surface area contributed by atoms with E-state index in [1.807, 2.05) is 13.8 Å². The zero-order valence-corrected chi connectivity index (χ0v) is 14.1. The van der Waals surface area contributed by atoms with Gasteiger partial charge in [0.25, 0.3) is 0 Å².